The molecule has 0 aromatic heterocycles. The lowest BCUT2D eigenvalue weighted by Gasteiger charge is -2.20. The van der Waals surface area contributed by atoms with E-state index in [4.69, 9.17) is 0 Å². The summed E-state index contributed by atoms with van der Waals surface area (Å²) in [4.78, 5) is 1.11. The van der Waals surface area contributed by atoms with Crippen LogP contribution in [0.2, 0.25) is 0 Å². The van der Waals surface area contributed by atoms with Crippen LogP contribution >= 0.6 is 11.8 Å². The third-order valence-corrected chi connectivity index (χ3v) is 5.44. The van der Waals surface area contributed by atoms with E-state index in [1.165, 1.54) is 49.1 Å². The highest BCUT2D eigenvalue weighted by molar-refractivity contribution is 7.98. The summed E-state index contributed by atoms with van der Waals surface area (Å²) in [5.41, 5.74) is 0.0291. The first kappa shape index (κ1) is 14.9. The van der Waals surface area contributed by atoms with E-state index in [0.29, 0.717) is 0 Å². The summed E-state index contributed by atoms with van der Waals surface area (Å²) in [5.74, 6) is -0.570. The van der Waals surface area contributed by atoms with Crippen LogP contribution in [0.3, 0.4) is 0 Å². The molecule has 0 aliphatic heterocycles. The Labute approximate surface area is 122 Å². The molecule has 0 atom stereocenters. The normalized spacial score (nSPS) is 11.3. The Morgan fingerprint density at radius 1 is 1.05 bits per heavy atom. The van der Waals surface area contributed by atoms with Gasteiger partial charge in [-0.2, -0.15) is 0 Å². The van der Waals surface area contributed by atoms with Crippen LogP contribution in [0.4, 0.5) is 10.1 Å². The molecule has 0 N–H and O–H groups in total. The van der Waals surface area contributed by atoms with Crippen molar-refractivity contribution in [1.82, 2.24) is 0 Å². The highest BCUT2D eigenvalue weighted by atomic mass is 32.2. The summed E-state index contributed by atoms with van der Waals surface area (Å²) < 4.78 is 39.5. The average molecular weight is 311 g/mol. The Bertz CT molecular complexity index is 699. The van der Waals surface area contributed by atoms with Crippen molar-refractivity contribution in [2.24, 2.45) is 0 Å². The van der Waals surface area contributed by atoms with Gasteiger partial charge >= 0.3 is 0 Å². The lowest BCUT2D eigenvalue weighted by molar-refractivity contribution is 0.589. The number of nitrogens with zero attached hydrogens (tertiary/aromatic N) is 1. The fraction of sp³-hybridized carbons (Fsp3) is 0.143. The molecule has 0 aliphatic carbocycles. The molecule has 0 unspecified atom stereocenters. The Morgan fingerprint density at radius 2 is 1.65 bits per heavy atom. The molecule has 0 spiro atoms. The molecule has 6 heteroatoms. The van der Waals surface area contributed by atoms with Gasteiger partial charge in [0.2, 0.25) is 0 Å². The largest absolute Gasteiger partial charge is 0.266 e. The maximum Gasteiger partial charge on any atom is 0.264 e. The second kappa shape index (κ2) is 5.85. The molecule has 2 aromatic rings. The second-order valence-corrected chi connectivity index (χ2v) is 6.95. The number of rotatable bonds is 4. The molecule has 3 nitrogen and oxygen atoms in total. The summed E-state index contributed by atoms with van der Waals surface area (Å²) >= 11 is 1.53. The molecular weight excluding hydrogens is 297 g/mol. The number of benzene rings is 2. The van der Waals surface area contributed by atoms with Crippen LogP contribution in [0.15, 0.2) is 58.3 Å². The second-order valence-electron chi connectivity index (χ2n) is 4.10. The first-order valence-electron chi connectivity index (χ1n) is 5.84. The first-order chi connectivity index (χ1) is 9.46. The number of hydrogen-bond acceptors (Lipinski definition) is 3. The van der Waals surface area contributed by atoms with Crippen LogP contribution in [0.5, 0.6) is 0 Å². The highest BCUT2D eigenvalue weighted by Gasteiger charge is 2.23. The zero-order valence-electron chi connectivity index (χ0n) is 11.1. The van der Waals surface area contributed by atoms with Gasteiger partial charge in [-0.1, -0.05) is 12.1 Å². The molecule has 0 radical (unpaired) electrons. The van der Waals surface area contributed by atoms with Crippen molar-refractivity contribution in [2.45, 2.75) is 9.79 Å². The Morgan fingerprint density at radius 3 is 2.20 bits per heavy atom. The van der Waals surface area contributed by atoms with E-state index in [0.717, 1.165) is 9.20 Å². The minimum atomic E-state index is -3.76. The molecule has 2 aromatic carbocycles. The van der Waals surface area contributed by atoms with Crippen LogP contribution in [-0.4, -0.2) is 21.7 Å². The van der Waals surface area contributed by atoms with Crippen LogP contribution in [0.25, 0.3) is 0 Å². The fourth-order valence-corrected chi connectivity index (χ4v) is 3.35. The summed E-state index contributed by atoms with van der Waals surface area (Å²) in [6.45, 7) is 0. The molecule has 0 aliphatic rings. The van der Waals surface area contributed by atoms with E-state index in [-0.39, 0.29) is 10.6 Å². The zero-order chi connectivity index (χ0) is 14.8. The lowest BCUT2D eigenvalue weighted by atomic mass is 10.3. The topological polar surface area (TPSA) is 37.4 Å². The Kier molecular flexibility index (Phi) is 4.35. The molecule has 106 valence electrons. The van der Waals surface area contributed by atoms with E-state index in [2.05, 4.69) is 0 Å². The predicted molar refractivity (Wildman–Crippen MR) is 80.2 cm³/mol. The SMILES string of the molecule is CSc1ccc(S(=O)(=O)N(C)c2ccccc2F)cc1. The minimum absolute atomic E-state index is 0.0291. The molecule has 2 rings (SSSR count). The number of sulfonamides is 1. The van der Waals surface area contributed by atoms with Gasteiger partial charge in [0.1, 0.15) is 5.82 Å². The van der Waals surface area contributed by atoms with Crippen molar-refractivity contribution in [1.29, 1.82) is 0 Å². The van der Waals surface area contributed by atoms with E-state index < -0.39 is 15.8 Å². The summed E-state index contributed by atoms with van der Waals surface area (Å²) in [7, 11) is -2.41. The van der Waals surface area contributed by atoms with Crippen molar-refractivity contribution in [2.75, 3.05) is 17.6 Å². The van der Waals surface area contributed by atoms with Gasteiger partial charge in [0.05, 0.1) is 10.6 Å². The predicted octanol–water partition coefficient (Wildman–Crippen LogP) is 3.37. The van der Waals surface area contributed by atoms with Gasteiger partial charge in [-0.15, -0.1) is 11.8 Å². The van der Waals surface area contributed by atoms with E-state index in [1.807, 2.05) is 6.26 Å². The maximum absolute atomic E-state index is 13.7. The van der Waals surface area contributed by atoms with Crippen molar-refractivity contribution in [3.8, 4) is 0 Å². The van der Waals surface area contributed by atoms with Crippen LogP contribution in [0.1, 0.15) is 0 Å². The molecule has 0 saturated carbocycles. The van der Waals surface area contributed by atoms with Crippen LogP contribution < -0.4 is 4.31 Å². The van der Waals surface area contributed by atoms with E-state index >= 15 is 0 Å². The Hall–Kier alpha value is -1.53. The maximum atomic E-state index is 13.7. The number of halogens is 1. The standard InChI is InChI=1S/C14H14FNO2S2/c1-16(14-6-4-3-5-13(14)15)20(17,18)12-9-7-11(19-2)8-10-12/h3-10H,1-2H3. The van der Waals surface area contributed by atoms with Crippen LogP contribution in [0, 0.1) is 5.82 Å². The van der Waals surface area contributed by atoms with Gasteiger partial charge in [0.25, 0.3) is 10.0 Å². The first-order valence-corrected chi connectivity index (χ1v) is 8.51. The quantitative estimate of drug-likeness (QED) is 0.812. The molecular formula is C14H14FNO2S2. The number of thioether (sulfide) groups is 1. The van der Waals surface area contributed by atoms with Crippen molar-refractivity contribution in [3.05, 3.63) is 54.3 Å². The summed E-state index contributed by atoms with van der Waals surface area (Å²) in [5, 5.41) is 0. The smallest absolute Gasteiger partial charge is 0.264 e. The van der Waals surface area contributed by atoms with Gasteiger partial charge < -0.3 is 0 Å². The van der Waals surface area contributed by atoms with Crippen molar-refractivity contribution >= 4 is 27.5 Å². The summed E-state index contributed by atoms with van der Waals surface area (Å²) in [6, 6.07) is 12.3. The molecule has 20 heavy (non-hydrogen) atoms. The summed E-state index contributed by atoms with van der Waals surface area (Å²) in [6.07, 6.45) is 1.91. The Balaban J connectivity index is 2.41. The zero-order valence-corrected chi connectivity index (χ0v) is 12.7. The molecule has 0 amide bonds. The molecule has 0 saturated heterocycles. The fourth-order valence-electron chi connectivity index (χ4n) is 1.74. The molecule has 0 fully saturated rings. The number of hydrogen-bond donors (Lipinski definition) is 0. The van der Waals surface area contributed by atoms with Crippen LogP contribution in [-0.2, 0) is 10.0 Å². The van der Waals surface area contributed by atoms with Gasteiger partial charge in [0, 0.05) is 11.9 Å². The van der Waals surface area contributed by atoms with Gasteiger partial charge in [-0.25, -0.2) is 12.8 Å². The molecule has 0 bridgehead atoms. The third-order valence-electron chi connectivity index (χ3n) is 2.91. The third kappa shape index (κ3) is 2.81. The lowest BCUT2D eigenvalue weighted by Crippen LogP contribution is -2.27. The highest BCUT2D eigenvalue weighted by Crippen LogP contribution is 2.25. The van der Waals surface area contributed by atoms with Crippen molar-refractivity contribution < 1.29 is 12.8 Å². The van der Waals surface area contributed by atoms with Gasteiger partial charge in [0.15, 0.2) is 0 Å². The van der Waals surface area contributed by atoms with Gasteiger partial charge in [-0.05, 0) is 42.7 Å². The van der Waals surface area contributed by atoms with E-state index in [9.17, 15) is 12.8 Å². The monoisotopic (exact) mass is 311 g/mol. The molecule has 0 heterocycles. The van der Waals surface area contributed by atoms with E-state index in [1.54, 1.807) is 18.2 Å². The number of anilines is 1. The average Bonchev–Trinajstić information content (AvgIpc) is 2.47. The van der Waals surface area contributed by atoms with Crippen molar-refractivity contribution in [3.63, 3.8) is 0 Å². The van der Waals surface area contributed by atoms with Gasteiger partial charge in [-0.3, -0.25) is 4.31 Å². The minimum Gasteiger partial charge on any atom is -0.266 e. The number of para-hydroxylation sites is 1.